The Balaban J connectivity index is -0.000000240. The van der Waals surface area contributed by atoms with Gasteiger partial charge >= 0.3 is 0 Å². The molecule has 0 fully saturated rings. The van der Waals surface area contributed by atoms with Crippen molar-refractivity contribution in [3.63, 3.8) is 0 Å². The van der Waals surface area contributed by atoms with E-state index in [0.29, 0.717) is 6.42 Å². The van der Waals surface area contributed by atoms with Gasteiger partial charge in [0.2, 0.25) is 0 Å². The van der Waals surface area contributed by atoms with Crippen LogP contribution >= 0.6 is 0 Å². The second-order valence-electron chi connectivity index (χ2n) is 4.37. The Morgan fingerprint density at radius 3 is 0.857 bits per heavy atom. The summed E-state index contributed by atoms with van der Waals surface area (Å²) in [7, 11) is 0. The zero-order valence-corrected chi connectivity index (χ0v) is 12.3. The van der Waals surface area contributed by atoms with E-state index in [1.807, 2.05) is 6.92 Å². The third-order valence-corrected chi connectivity index (χ3v) is 2.60. The van der Waals surface area contributed by atoms with Crippen LogP contribution in [0.3, 0.4) is 0 Å². The van der Waals surface area contributed by atoms with Crippen LogP contribution in [0.2, 0.25) is 0 Å². The first-order valence-electron chi connectivity index (χ1n) is 6.48. The average molecular weight is 318 g/mol. The SMILES string of the molecule is CCC(CO)(CO)CO.OCC(O)CO.OCC(O)CO. The van der Waals surface area contributed by atoms with E-state index in [1.165, 1.54) is 0 Å². The molecule has 9 heteroatoms. The molecule has 0 saturated heterocycles. The topological polar surface area (TPSA) is 182 Å². The Hall–Kier alpha value is -0.360. The Bertz CT molecular complexity index is 152. The summed E-state index contributed by atoms with van der Waals surface area (Å²) in [5, 5.41) is 74.0. The molecule has 132 valence electrons. The first kappa shape index (κ1) is 25.6. The molecule has 0 aromatic carbocycles. The van der Waals surface area contributed by atoms with E-state index in [2.05, 4.69) is 0 Å². The van der Waals surface area contributed by atoms with Crippen LogP contribution in [0.25, 0.3) is 0 Å². The van der Waals surface area contributed by atoms with Crippen molar-refractivity contribution in [2.75, 3.05) is 46.2 Å². The fourth-order valence-electron chi connectivity index (χ4n) is 0.601. The molecule has 9 nitrogen and oxygen atoms in total. The Morgan fingerprint density at radius 2 is 0.857 bits per heavy atom. The lowest BCUT2D eigenvalue weighted by molar-refractivity contribution is 0.00304. The molecule has 0 amide bonds. The van der Waals surface area contributed by atoms with Crippen molar-refractivity contribution >= 4 is 0 Å². The second kappa shape index (κ2) is 17.7. The minimum atomic E-state index is -0.954. The molecule has 0 spiro atoms. The number of hydrogen-bond acceptors (Lipinski definition) is 9. The van der Waals surface area contributed by atoms with Crippen LogP contribution in [-0.4, -0.2) is 104 Å². The number of aliphatic hydroxyl groups is 9. The lowest BCUT2D eigenvalue weighted by Crippen LogP contribution is -2.32. The smallest absolute Gasteiger partial charge is 0.100 e. The van der Waals surface area contributed by atoms with Crippen molar-refractivity contribution in [3.8, 4) is 0 Å². The first-order valence-corrected chi connectivity index (χ1v) is 6.48. The van der Waals surface area contributed by atoms with Crippen LogP contribution in [0.1, 0.15) is 13.3 Å². The molecule has 0 radical (unpaired) electrons. The molecule has 0 aliphatic rings. The summed E-state index contributed by atoms with van der Waals surface area (Å²) in [5.41, 5.74) is -0.667. The standard InChI is InChI=1S/C6H14O3.2C3H8O3/c1-2-6(3-7,4-8)5-9;2*4-1-3(6)2-5/h7-9H,2-5H2,1H3;2*3-6H,1-2H2. The summed E-state index contributed by atoms with van der Waals surface area (Å²) in [5.74, 6) is 0. The molecule has 0 bridgehead atoms. The lowest BCUT2D eigenvalue weighted by Gasteiger charge is -2.24. The first-order chi connectivity index (χ1) is 9.86. The van der Waals surface area contributed by atoms with Crippen LogP contribution in [0, 0.1) is 5.41 Å². The highest BCUT2D eigenvalue weighted by molar-refractivity contribution is 4.74. The predicted octanol–water partition coefficient (Wildman–Crippen LogP) is -3.98. The van der Waals surface area contributed by atoms with E-state index >= 15 is 0 Å². The largest absolute Gasteiger partial charge is 0.396 e. The van der Waals surface area contributed by atoms with Crippen LogP contribution < -0.4 is 0 Å². The monoisotopic (exact) mass is 318 g/mol. The highest BCUT2D eigenvalue weighted by Gasteiger charge is 2.24. The van der Waals surface area contributed by atoms with E-state index in [-0.39, 0.29) is 46.2 Å². The Kier molecular flexibility index (Phi) is 21.6. The van der Waals surface area contributed by atoms with Gasteiger partial charge in [-0.2, -0.15) is 0 Å². The molecule has 0 aliphatic carbocycles. The number of rotatable bonds is 8. The van der Waals surface area contributed by atoms with Gasteiger partial charge in [-0.05, 0) is 6.42 Å². The lowest BCUT2D eigenvalue weighted by atomic mass is 9.88. The summed E-state index contributed by atoms with van der Waals surface area (Å²) in [4.78, 5) is 0. The third kappa shape index (κ3) is 15.8. The zero-order chi connectivity index (χ0) is 17.3. The van der Waals surface area contributed by atoms with Gasteiger partial charge in [0.05, 0.1) is 46.2 Å². The summed E-state index contributed by atoms with van der Waals surface area (Å²) in [6.07, 6.45) is -1.31. The predicted molar refractivity (Wildman–Crippen MR) is 74.3 cm³/mol. The molecular weight excluding hydrogens is 288 g/mol. The molecular formula is C12H30O9. The average Bonchev–Trinajstić information content (AvgIpc) is 2.57. The van der Waals surface area contributed by atoms with Gasteiger partial charge in [0.1, 0.15) is 12.2 Å². The van der Waals surface area contributed by atoms with Crippen molar-refractivity contribution in [1.29, 1.82) is 0 Å². The second-order valence-corrected chi connectivity index (χ2v) is 4.37. The van der Waals surface area contributed by atoms with Gasteiger partial charge in [0.15, 0.2) is 0 Å². The summed E-state index contributed by atoms with van der Waals surface area (Å²) in [6, 6.07) is 0. The van der Waals surface area contributed by atoms with E-state index in [1.54, 1.807) is 0 Å². The maximum Gasteiger partial charge on any atom is 0.100 e. The fourth-order valence-corrected chi connectivity index (χ4v) is 0.601. The molecule has 21 heavy (non-hydrogen) atoms. The van der Waals surface area contributed by atoms with Gasteiger partial charge in [-0.1, -0.05) is 6.92 Å². The van der Waals surface area contributed by atoms with Crippen LogP contribution in [0.4, 0.5) is 0 Å². The molecule has 0 unspecified atom stereocenters. The Morgan fingerprint density at radius 1 is 0.619 bits per heavy atom. The van der Waals surface area contributed by atoms with Gasteiger partial charge in [0.25, 0.3) is 0 Å². The van der Waals surface area contributed by atoms with Gasteiger partial charge in [-0.3, -0.25) is 0 Å². The molecule has 0 saturated carbocycles. The van der Waals surface area contributed by atoms with Gasteiger partial charge in [-0.25, -0.2) is 0 Å². The molecule has 9 N–H and O–H groups in total. The molecule has 0 aromatic rings. The Labute approximate surface area is 124 Å². The van der Waals surface area contributed by atoms with Crippen molar-refractivity contribution < 1.29 is 46.0 Å². The molecule has 0 aromatic heterocycles. The van der Waals surface area contributed by atoms with Gasteiger partial charge in [0, 0.05) is 5.41 Å². The number of hydrogen-bond donors (Lipinski definition) is 9. The minimum absolute atomic E-state index is 0.156. The summed E-state index contributed by atoms with van der Waals surface area (Å²) >= 11 is 0. The van der Waals surface area contributed by atoms with Crippen molar-refractivity contribution in [2.24, 2.45) is 5.41 Å². The van der Waals surface area contributed by atoms with E-state index in [4.69, 9.17) is 46.0 Å². The summed E-state index contributed by atoms with van der Waals surface area (Å²) < 4.78 is 0. The van der Waals surface area contributed by atoms with E-state index in [0.717, 1.165) is 0 Å². The molecule has 0 heterocycles. The zero-order valence-electron chi connectivity index (χ0n) is 12.3. The van der Waals surface area contributed by atoms with Crippen molar-refractivity contribution in [2.45, 2.75) is 25.6 Å². The maximum atomic E-state index is 8.66. The third-order valence-electron chi connectivity index (χ3n) is 2.60. The van der Waals surface area contributed by atoms with Crippen LogP contribution in [0.5, 0.6) is 0 Å². The van der Waals surface area contributed by atoms with Crippen LogP contribution in [0.15, 0.2) is 0 Å². The quantitative estimate of drug-likeness (QED) is 0.215. The molecule has 0 atom stereocenters. The molecule has 0 aliphatic heterocycles. The van der Waals surface area contributed by atoms with Gasteiger partial charge in [-0.15, -0.1) is 0 Å². The molecule has 0 rings (SSSR count). The normalized spacial score (nSPS) is 10.9. The number of aliphatic hydroxyl groups excluding tert-OH is 9. The van der Waals surface area contributed by atoms with E-state index < -0.39 is 17.6 Å². The fraction of sp³-hybridized carbons (Fsp3) is 1.00. The highest BCUT2D eigenvalue weighted by atomic mass is 16.4. The maximum absolute atomic E-state index is 8.66. The minimum Gasteiger partial charge on any atom is -0.396 e. The van der Waals surface area contributed by atoms with Crippen molar-refractivity contribution in [1.82, 2.24) is 0 Å². The van der Waals surface area contributed by atoms with E-state index in [9.17, 15) is 0 Å². The van der Waals surface area contributed by atoms with Gasteiger partial charge < -0.3 is 46.0 Å². The van der Waals surface area contributed by atoms with Crippen LogP contribution in [-0.2, 0) is 0 Å². The van der Waals surface area contributed by atoms with Crippen molar-refractivity contribution in [3.05, 3.63) is 0 Å². The summed E-state index contributed by atoms with van der Waals surface area (Å²) in [6.45, 7) is -0.105. The highest BCUT2D eigenvalue weighted by Crippen LogP contribution is 2.18.